The standard InChI is InChI=1S/C15H13ClF3NO4S/c1-23-9-3-6-14(24-2)13(7-9)20-25(21,22)10-4-5-12(16)11(8-10)15(17,18)19/h3-8,20H,1-2H3. The van der Waals surface area contributed by atoms with Crippen LogP contribution in [-0.4, -0.2) is 22.6 Å². The molecule has 136 valence electrons. The molecule has 0 heterocycles. The average Bonchev–Trinajstić information content (AvgIpc) is 2.53. The van der Waals surface area contributed by atoms with Crippen molar-refractivity contribution >= 4 is 27.3 Å². The molecule has 0 unspecified atom stereocenters. The lowest BCUT2D eigenvalue weighted by atomic mass is 10.2. The third-order valence-electron chi connectivity index (χ3n) is 3.20. The van der Waals surface area contributed by atoms with Crippen LogP contribution in [0.25, 0.3) is 0 Å². The van der Waals surface area contributed by atoms with Crippen LogP contribution in [0.3, 0.4) is 0 Å². The second-order valence-electron chi connectivity index (χ2n) is 4.81. The summed E-state index contributed by atoms with van der Waals surface area (Å²) in [5.74, 6) is 0.514. The second kappa shape index (κ2) is 7.01. The average molecular weight is 396 g/mol. The van der Waals surface area contributed by atoms with Crippen LogP contribution in [0, 0.1) is 0 Å². The fourth-order valence-corrected chi connectivity index (χ4v) is 3.30. The van der Waals surface area contributed by atoms with Gasteiger partial charge in [-0.1, -0.05) is 11.6 Å². The summed E-state index contributed by atoms with van der Waals surface area (Å²) in [5.41, 5.74) is -1.22. The van der Waals surface area contributed by atoms with Crippen LogP contribution >= 0.6 is 11.6 Å². The molecule has 2 rings (SSSR count). The van der Waals surface area contributed by atoms with E-state index in [2.05, 4.69) is 4.72 Å². The van der Waals surface area contributed by atoms with E-state index in [0.717, 1.165) is 12.1 Å². The van der Waals surface area contributed by atoms with E-state index in [9.17, 15) is 21.6 Å². The summed E-state index contributed by atoms with van der Waals surface area (Å²) in [6, 6.07) is 6.67. The molecular formula is C15H13ClF3NO4S. The Morgan fingerprint density at radius 2 is 1.72 bits per heavy atom. The summed E-state index contributed by atoms with van der Waals surface area (Å²) in [7, 11) is -1.61. The Labute approximate surface area is 147 Å². The van der Waals surface area contributed by atoms with Crippen LogP contribution in [-0.2, 0) is 16.2 Å². The molecule has 1 N–H and O–H groups in total. The lowest BCUT2D eigenvalue weighted by Gasteiger charge is -2.15. The Morgan fingerprint density at radius 1 is 1.04 bits per heavy atom. The summed E-state index contributed by atoms with van der Waals surface area (Å²) in [4.78, 5) is -0.589. The zero-order valence-electron chi connectivity index (χ0n) is 13.0. The van der Waals surface area contributed by atoms with Gasteiger partial charge in [0, 0.05) is 6.07 Å². The number of halogens is 4. The number of hydrogen-bond acceptors (Lipinski definition) is 4. The number of methoxy groups -OCH3 is 2. The van der Waals surface area contributed by atoms with Gasteiger partial charge in [0.2, 0.25) is 0 Å². The molecule has 0 saturated carbocycles. The lowest BCUT2D eigenvalue weighted by molar-refractivity contribution is -0.137. The SMILES string of the molecule is COc1ccc(OC)c(NS(=O)(=O)c2ccc(Cl)c(C(F)(F)F)c2)c1. The first-order valence-electron chi connectivity index (χ1n) is 6.70. The first-order chi connectivity index (χ1) is 11.6. The Bertz CT molecular complexity index is 885. The van der Waals surface area contributed by atoms with Gasteiger partial charge in [0.1, 0.15) is 11.5 Å². The topological polar surface area (TPSA) is 64.6 Å². The normalized spacial score (nSPS) is 11.9. The van der Waals surface area contributed by atoms with Crippen LogP contribution < -0.4 is 14.2 Å². The van der Waals surface area contributed by atoms with Crippen molar-refractivity contribution < 1.29 is 31.1 Å². The van der Waals surface area contributed by atoms with Crippen molar-refractivity contribution in [3.05, 3.63) is 47.0 Å². The molecule has 0 aliphatic rings. The summed E-state index contributed by atoms with van der Waals surface area (Å²) >= 11 is 5.51. The maximum absolute atomic E-state index is 12.9. The van der Waals surface area contributed by atoms with Crippen molar-refractivity contribution in [3.63, 3.8) is 0 Å². The predicted molar refractivity (Wildman–Crippen MR) is 86.8 cm³/mol. The molecule has 0 saturated heterocycles. The number of sulfonamides is 1. The molecule has 0 aliphatic carbocycles. The van der Waals surface area contributed by atoms with Crippen LogP contribution in [0.1, 0.15) is 5.56 Å². The minimum Gasteiger partial charge on any atom is -0.497 e. The van der Waals surface area contributed by atoms with E-state index >= 15 is 0 Å². The number of anilines is 1. The number of nitrogens with one attached hydrogen (secondary N) is 1. The van der Waals surface area contributed by atoms with Gasteiger partial charge in [-0.25, -0.2) is 8.42 Å². The summed E-state index contributed by atoms with van der Waals surface area (Å²) in [6.45, 7) is 0. The maximum atomic E-state index is 12.9. The summed E-state index contributed by atoms with van der Waals surface area (Å²) in [5, 5.41) is -0.592. The van der Waals surface area contributed by atoms with E-state index in [1.807, 2.05) is 0 Å². The molecule has 0 fully saturated rings. The molecule has 0 atom stereocenters. The number of hydrogen-bond donors (Lipinski definition) is 1. The molecule has 0 bridgehead atoms. The first kappa shape index (κ1) is 19.2. The fraction of sp³-hybridized carbons (Fsp3) is 0.200. The molecule has 2 aromatic rings. The minimum absolute atomic E-state index is 0.0189. The monoisotopic (exact) mass is 395 g/mol. The van der Waals surface area contributed by atoms with Crippen LogP contribution in [0.4, 0.5) is 18.9 Å². The Hall–Kier alpha value is -2.13. The molecular weight excluding hydrogens is 383 g/mol. The van der Waals surface area contributed by atoms with Crippen molar-refractivity contribution in [2.24, 2.45) is 0 Å². The number of alkyl halides is 3. The molecule has 10 heteroatoms. The van der Waals surface area contributed by atoms with Gasteiger partial charge in [0.15, 0.2) is 0 Å². The van der Waals surface area contributed by atoms with E-state index in [4.69, 9.17) is 21.1 Å². The Morgan fingerprint density at radius 3 is 2.28 bits per heavy atom. The molecule has 0 spiro atoms. The zero-order chi connectivity index (χ0) is 18.8. The van der Waals surface area contributed by atoms with Crippen LogP contribution in [0.2, 0.25) is 5.02 Å². The molecule has 25 heavy (non-hydrogen) atoms. The molecule has 2 aromatic carbocycles. The first-order valence-corrected chi connectivity index (χ1v) is 8.56. The quantitative estimate of drug-likeness (QED) is 0.825. The van der Waals surface area contributed by atoms with Crippen molar-refractivity contribution in [1.82, 2.24) is 0 Å². The summed E-state index contributed by atoms with van der Waals surface area (Å²) < 4.78 is 75.9. The Kier molecular flexibility index (Phi) is 5.38. The number of ether oxygens (including phenoxy) is 2. The highest BCUT2D eigenvalue weighted by atomic mass is 35.5. The highest BCUT2D eigenvalue weighted by Crippen LogP contribution is 2.37. The van der Waals surface area contributed by atoms with E-state index < -0.39 is 31.7 Å². The maximum Gasteiger partial charge on any atom is 0.417 e. The largest absolute Gasteiger partial charge is 0.497 e. The van der Waals surface area contributed by atoms with Crippen molar-refractivity contribution in [1.29, 1.82) is 0 Å². The molecule has 5 nitrogen and oxygen atoms in total. The van der Waals surface area contributed by atoms with E-state index in [-0.39, 0.29) is 11.4 Å². The van der Waals surface area contributed by atoms with Gasteiger partial charge in [-0.05, 0) is 30.3 Å². The smallest absolute Gasteiger partial charge is 0.417 e. The van der Waals surface area contributed by atoms with Gasteiger partial charge in [-0.15, -0.1) is 0 Å². The highest BCUT2D eigenvalue weighted by molar-refractivity contribution is 7.92. The van der Waals surface area contributed by atoms with Gasteiger partial charge >= 0.3 is 6.18 Å². The third-order valence-corrected chi connectivity index (χ3v) is 4.90. The van der Waals surface area contributed by atoms with Crippen molar-refractivity contribution in [3.8, 4) is 11.5 Å². The molecule has 0 radical (unpaired) electrons. The van der Waals surface area contributed by atoms with Gasteiger partial charge in [0.25, 0.3) is 10.0 Å². The van der Waals surface area contributed by atoms with Crippen molar-refractivity contribution in [2.75, 3.05) is 18.9 Å². The summed E-state index contributed by atoms with van der Waals surface area (Å²) in [6.07, 6.45) is -4.78. The van der Waals surface area contributed by atoms with E-state index in [0.29, 0.717) is 11.8 Å². The lowest BCUT2D eigenvalue weighted by Crippen LogP contribution is -2.15. The van der Waals surface area contributed by atoms with Crippen LogP contribution in [0.5, 0.6) is 11.5 Å². The molecule has 0 amide bonds. The molecule has 0 aliphatic heterocycles. The third kappa shape index (κ3) is 4.29. The van der Waals surface area contributed by atoms with Crippen molar-refractivity contribution in [2.45, 2.75) is 11.1 Å². The van der Waals surface area contributed by atoms with Gasteiger partial charge in [-0.2, -0.15) is 13.2 Å². The highest BCUT2D eigenvalue weighted by Gasteiger charge is 2.34. The van der Waals surface area contributed by atoms with Gasteiger partial charge in [-0.3, -0.25) is 4.72 Å². The predicted octanol–water partition coefficient (Wildman–Crippen LogP) is 4.18. The zero-order valence-corrected chi connectivity index (χ0v) is 14.6. The van der Waals surface area contributed by atoms with Crippen LogP contribution in [0.15, 0.2) is 41.3 Å². The van der Waals surface area contributed by atoms with E-state index in [1.54, 1.807) is 6.07 Å². The molecule has 0 aromatic heterocycles. The van der Waals surface area contributed by atoms with E-state index in [1.165, 1.54) is 26.4 Å². The minimum atomic E-state index is -4.78. The van der Waals surface area contributed by atoms with Gasteiger partial charge < -0.3 is 9.47 Å². The second-order valence-corrected chi connectivity index (χ2v) is 6.90. The Balaban J connectivity index is 2.47. The number of benzene rings is 2. The van der Waals surface area contributed by atoms with Gasteiger partial charge in [0.05, 0.1) is 35.4 Å². The fourth-order valence-electron chi connectivity index (χ4n) is 1.99. The number of rotatable bonds is 5.